The number of anilines is 4. The molecule has 1 amide bonds. The molecular weight excluding hydrogens is 459 g/mol. The minimum Gasteiger partial charge on any atom is -0.483 e. The molecule has 1 aliphatic heterocycles. The first-order valence-corrected chi connectivity index (χ1v) is 10.2. The van der Waals surface area contributed by atoms with Gasteiger partial charge in [0.2, 0.25) is 5.95 Å². The Hall–Kier alpha value is -5.00. The van der Waals surface area contributed by atoms with Crippen LogP contribution in [0.3, 0.4) is 0 Å². The van der Waals surface area contributed by atoms with E-state index in [1.807, 2.05) is 18.2 Å². The molecule has 0 saturated heterocycles. The average Bonchev–Trinajstić information content (AvgIpc) is 3.14. The smallest absolute Gasteiger partial charge is 0.417 e. The van der Waals surface area contributed by atoms with E-state index < -0.39 is 11.6 Å². The highest BCUT2D eigenvalue weighted by Gasteiger charge is 2.17. The molecule has 2 aromatic carbocycles. The second kappa shape index (κ2) is 9.87. The lowest BCUT2D eigenvalue weighted by Crippen LogP contribution is -2.26. The molecule has 0 spiro atoms. The molecule has 0 aliphatic carbocycles. The lowest BCUT2D eigenvalue weighted by molar-refractivity contribution is -0.122. The first-order valence-electron chi connectivity index (χ1n) is 10.2. The predicted octanol–water partition coefficient (Wildman–Crippen LogP) is 3.34. The van der Waals surface area contributed by atoms with Crippen LogP contribution in [-0.2, 0) is 4.79 Å². The summed E-state index contributed by atoms with van der Waals surface area (Å²) in [6.07, 6.45) is 4.85. The maximum absolute atomic E-state index is 14.3. The summed E-state index contributed by atoms with van der Waals surface area (Å²) in [6, 6.07) is 10.1. The molecule has 12 heteroatoms. The van der Waals surface area contributed by atoms with E-state index in [4.69, 9.17) is 14.3 Å². The Morgan fingerprint density at radius 3 is 2.71 bits per heavy atom. The summed E-state index contributed by atoms with van der Waals surface area (Å²) in [6.45, 7) is 0.283. The number of oxazole rings is 1. The van der Waals surface area contributed by atoms with Gasteiger partial charge in [-0.2, -0.15) is 4.98 Å². The molecule has 11 nitrogen and oxygen atoms in total. The fraction of sp³-hybridized carbons (Fsp3) is 0.0870. The number of carboxylic acid groups (broad SMARTS) is 1. The molecule has 0 atom stereocenters. The van der Waals surface area contributed by atoms with Crippen molar-refractivity contribution >= 4 is 52.7 Å². The predicted molar refractivity (Wildman–Crippen MR) is 127 cm³/mol. The van der Waals surface area contributed by atoms with E-state index >= 15 is 0 Å². The van der Waals surface area contributed by atoms with Crippen LogP contribution in [-0.4, -0.2) is 50.9 Å². The number of halogens is 1. The molecule has 2 aromatic heterocycles. The Balaban J connectivity index is 0.000000917. The molecule has 3 heterocycles. The Kier molecular flexibility index (Phi) is 6.53. The van der Waals surface area contributed by atoms with Crippen molar-refractivity contribution in [2.24, 2.45) is 0 Å². The Labute approximate surface area is 196 Å². The molecule has 5 rings (SSSR count). The summed E-state index contributed by atoms with van der Waals surface area (Å²) in [5.74, 6) is -1.14. The van der Waals surface area contributed by atoms with E-state index in [0.29, 0.717) is 34.6 Å². The molecular formula is C23H19FN6O5. The summed E-state index contributed by atoms with van der Waals surface area (Å²) in [7, 11) is 1.75. The second-order valence-corrected chi connectivity index (χ2v) is 7.36. The molecule has 0 radical (unpaired) electrons. The minimum absolute atomic E-state index is 0.0425. The first-order chi connectivity index (χ1) is 16.9. The number of nitrogens with zero attached hydrogens (tertiary/aromatic N) is 3. The van der Waals surface area contributed by atoms with E-state index in [-0.39, 0.29) is 24.1 Å². The lowest BCUT2D eigenvalue weighted by atomic mass is 10.1. The molecule has 1 aliphatic rings. The summed E-state index contributed by atoms with van der Waals surface area (Å²) >= 11 is 0. The number of likely N-dealkylation sites (N-methyl/N-ethyl adjacent to an activating group) is 1. The van der Waals surface area contributed by atoms with Gasteiger partial charge in [0.25, 0.3) is 12.4 Å². The van der Waals surface area contributed by atoms with Gasteiger partial charge in [0.1, 0.15) is 0 Å². The molecule has 4 N–H and O–H groups in total. The van der Waals surface area contributed by atoms with Crippen LogP contribution >= 0.6 is 0 Å². The number of benzene rings is 2. The van der Waals surface area contributed by atoms with E-state index in [2.05, 4.69) is 25.6 Å². The summed E-state index contributed by atoms with van der Waals surface area (Å²) in [4.78, 5) is 44.5. The van der Waals surface area contributed by atoms with Gasteiger partial charge in [-0.05, 0) is 42.0 Å². The number of carbonyl (C=O) groups excluding carboxylic acids is 1. The largest absolute Gasteiger partial charge is 0.483 e. The minimum atomic E-state index is -0.644. The van der Waals surface area contributed by atoms with Crippen LogP contribution in [0.1, 0.15) is 15.9 Å². The molecule has 0 bridgehead atoms. The molecule has 0 fully saturated rings. The fourth-order valence-corrected chi connectivity index (χ4v) is 3.41. The second-order valence-electron chi connectivity index (χ2n) is 7.36. The van der Waals surface area contributed by atoms with Crippen molar-refractivity contribution in [2.45, 2.75) is 0 Å². The molecule has 4 aromatic rings. The van der Waals surface area contributed by atoms with Gasteiger partial charge < -0.3 is 25.1 Å². The van der Waals surface area contributed by atoms with Crippen LogP contribution in [0.15, 0.2) is 57.9 Å². The highest BCUT2D eigenvalue weighted by Crippen LogP contribution is 2.25. The van der Waals surface area contributed by atoms with Gasteiger partial charge in [-0.3, -0.25) is 14.6 Å². The number of hydrogen-bond acceptors (Lipinski definition) is 8. The van der Waals surface area contributed by atoms with Crippen LogP contribution in [0.2, 0.25) is 0 Å². The van der Waals surface area contributed by atoms with Crippen molar-refractivity contribution in [1.82, 2.24) is 19.9 Å². The van der Waals surface area contributed by atoms with Crippen LogP contribution in [0, 0.1) is 5.82 Å². The van der Waals surface area contributed by atoms with Crippen molar-refractivity contribution in [1.29, 1.82) is 0 Å². The summed E-state index contributed by atoms with van der Waals surface area (Å²) in [5, 5.41) is 12.8. The first kappa shape index (κ1) is 23.2. The zero-order valence-electron chi connectivity index (χ0n) is 18.3. The SMILES string of the molecule is CN1CC=Cc2cc(Nc3ncc(F)c(Nc4ccc5oc(=O)[nH]c5c4)n3)ccc2C1=O.O=CO. The van der Waals surface area contributed by atoms with E-state index in [1.165, 1.54) is 0 Å². The van der Waals surface area contributed by atoms with Crippen molar-refractivity contribution in [3.05, 3.63) is 76.2 Å². The van der Waals surface area contributed by atoms with Gasteiger partial charge >= 0.3 is 5.76 Å². The topological polar surface area (TPSA) is 153 Å². The molecule has 35 heavy (non-hydrogen) atoms. The number of nitrogens with one attached hydrogen (secondary N) is 3. The molecule has 178 valence electrons. The third-order valence-corrected chi connectivity index (χ3v) is 4.99. The Morgan fingerprint density at radius 1 is 1.17 bits per heavy atom. The summed E-state index contributed by atoms with van der Waals surface area (Å²) < 4.78 is 19.3. The van der Waals surface area contributed by atoms with Crippen molar-refractivity contribution < 1.29 is 23.5 Å². The molecule has 0 unspecified atom stereocenters. The Bertz CT molecular complexity index is 1500. The number of aromatic amines is 1. The Morgan fingerprint density at radius 2 is 1.91 bits per heavy atom. The monoisotopic (exact) mass is 478 g/mol. The average molecular weight is 478 g/mol. The van der Waals surface area contributed by atoms with Gasteiger partial charge in [-0.15, -0.1) is 0 Å². The third-order valence-electron chi connectivity index (χ3n) is 4.99. The van der Waals surface area contributed by atoms with Gasteiger partial charge in [-0.25, -0.2) is 14.2 Å². The number of amides is 1. The van der Waals surface area contributed by atoms with Gasteiger partial charge in [0.15, 0.2) is 17.2 Å². The van der Waals surface area contributed by atoms with Crippen LogP contribution in [0.25, 0.3) is 17.2 Å². The number of H-pyrrole nitrogens is 1. The molecule has 0 saturated carbocycles. The quantitative estimate of drug-likeness (QED) is 0.323. The highest BCUT2D eigenvalue weighted by molar-refractivity contribution is 5.99. The number of hydrogen-bond donors (Lipinski definition) is 4. The zero-order valence-corrected chi connectivity index (χ0v) is 18.3. The van der Waals surface area contributed by atoms with Crippen LogP contribution < -0.4 is 16.4 Å². The highest BCUT2D eigenvalue weighted by atomic mass is 19.1. The van der Waals surface area contributed by atoms with Gasteiger partial charge in [-0.1, -0.05) is 12.2 Å². The van der Waals surface area contributed by atoms with Crippen LogP contribution in [0.5, 0.6) is 0 Å². The zero-order chi connectivity index (χ0) is 24.9. The van der Waals surface area contributed by atoms with Crippen molar-refractivity contribution in [3.63, 3.8) is 0 Å². The van der Waals surface area contributed by atoms with E-state index in [0.717, 1.165) is 11.8 Å². The maximum atomic E-state index is 14.3. The standard InChI is InChI=1S/C22H17FN6O3.CH2O2/c1-29-8-2-3-12-9-13(4-6-15(12)20(29)30)26-21-24-11-16(23)19(28-21)25-14-5-7-18-17(10-14)27-22(31)32-18;2-1-3/h2-7,9-11H,8H2,1H3,(H,27,31)(H2,24,25,26,28);1H,(H,2,3). The lowest BCUT2D eigenvalue weighted by Gasteiger charge is -2.14. The van der Waals surface area contributed by atoms with Gasteiger partial charge in [0, 0.05) is 30.5 Å². The normalized spacial score (nSPS) is 12.4. The summed E-state index contributed by atoms with van der Waals surface area (Å²) in [5.41, 5.74) is 3.41. The number of aromatic nitrogens is 3. The fourth-order valence-electron chi connectivity index (χ4n) is 3.41. The van der Waals surface area contributed by atoms with Crippen LogP contribution in [0.4, 0.5) is 27.5 Å². The number of fused-ring (bicyclic) bond motifs is 2. The van der Waals surface area contributed by atoms with Crippen molar-refractivity contribution in [3.8, 4) is 0 Å². The number of rotatable bonds is 4. The van der Waals surface area contributed by atoms with Crippen molar-refractivity contribution in [2.75, 3.05) is 24.2 Å². The van der Waals surface area contributed by atoms with E-state index in [1.54, 1.807) is 42.3 Å². The maximum Gasteiger partial charge on any atom is 0.417 e. The van der Waals surface area contributed by atoms with E-state index in [9.17, 15) is 14.0 Å². The number of carbonyl (C=O) groups is 2. The third kappa shape index (κ3) is 5.16. The van der Waals surface area contributed by atoms with Gasteiger partial charge in [0.05, 0.1) is 11.7 Å².